The molecule has 0 aromatic rings. The van der Waals surface area contributed by atoms with E-state index >= 15 is 0 Å². The molecular formula is C9H23NOSi. The molecule has 0 amide bonds. The molecule has 0 atom stereocenters. The van der Waals surface area contributed by atoms with E-state index in [1.54, 1.807) is 7.11 Å². The van der Waals surface area contributed by atoms with Crippen molar-refractivity contribution in [1.29, 1.82) is 0 Å². The summed E-state index contributed by atoms with van der Waals surface area (Å²) < 4.78 is 7.44. The Balaban J connectivity index is 0. The van der Waals surface area contributed by atoms with Gasteiger partial charge in [0.1, 0.15) is 8.24 Å². The molecule has 0 spiro atoms. The van der Waals surface area contributed by atoms with Crippen LogP contribution < -0.4 is 0 Å². The van der Waals surface area contributed by atoms with E-state index < -0.39 is 8.24 Å². The summed E-state index contributed by atoms with van der Waals surface area (Å²) >= 11 is 0. The first-order valence-electron chi connectivity index (χ1n) is 3.87. The highest BCUT2D eigenvalue weighted by atomic mass is 28.3. The summed E-state index contributed by atoms with van der Waals surface area (Å²) in [4.78, 5) is 0. The lowest BCUT2D eigenvalue weighted by Crippen LogP contribution is -2.46. The first kappa shape index (κ1) is 14.4. The predicted molar refractivity (Wildman–Crippen MR) is 58.9 cm³/mol. The fraction of sp³-hybridized carbons (Fsp3) is 0.778. The minimum Gasteiger partial charge on any atom is -0.370 e. The predicted octanol–water partition coefficient (Wildman–Crippen LogP) is 2.55. The van der Waals surface area contributed by atoms with Crippen molar-refractivity contribution in [2.45, 2.75) is 27.1 Å². The zero-order valence-corrected chi connectivity index (χ0v) is 9.05. The zero-order chi connectivity index (χ0) is 8.91. The topological polar surface area (TPSA) is 12.5 Å². The van der Waals surface area contributed by atoms with E-state index in [2.05, 4.69) is 30.8 Å². The number of nitrogens with zero attached hydrogens (tertiary/aromatic N) is 1. The van der Waals surface area contributed by atoms with E-state index in [1.165, 1.54) is 0 Å². The van der Waals surface area contributed by atoms with Gasteiger partial charge in [-0.1, -0.05) is 33.1 Å². The first-order valence-corrected chi connectivity index (χ1v) is 7.32. The zero-order valence-electron chi connectivity index (χ0n) is 8.05. The third-order valence-corrected chi connectivity index (χ3v) is 3.79. The Morgan fingerprint density at radius 2 is 1.92 bits per heavy atom. The lowest BCUT2D eigenvalue weighted by Gasteiger charge is -2.32. The lowest BCUT2D eigenvalue weighted by molar-refractivity contribution is 0.118. The molecule has 0 aromatic carbocycles. The van der Waals surface area contributed by atoms with Crippen molar-refractivity contribution < 1.29 is 4.74 Å². The van der Waals surface area contributed by atoms with Crippen LogP contribution in [0.4, 0.5) is 0 Å². The maximum Gasteiger partial charge on any atom is 0.122 e. The molecule has 0 fully saturated rings. The van der Waals surface area contributed by atoms with Gasteiger partial charge in [0.25, 0.3) is 0 Å². The number of methoxy groups -OCH3 is 1. The summed E-state index contributed by atoms with van der Waals surface area (Å²) in [6, 6.07) is 0. The van der Waals surface area contributed by atoms with Crippen LogP contribution >= 0.6 is 0 Å². The smallest absolute Gasteiger partial charge is 0.122 e. The summed E-state index contributed by atoms with van der Waals surface area (Å²) in [5.74, 6) is 0. The molecule has 0 aromatic heterocycles. The van der Waals surface area contributed by atoms with Crippen molar-refractivity contribution in [3.8, 4) is 0 Å². The van der Waals surface area contributed by atoms with Crippen molar-refractivity contribution in [3.63, 3.8) is 0 Å². The van der Waals surface area contributed by atoms with Crippen LogP contribution in [0.25, 0.3) is 0 Å². The molecule has 0 saturated heterocycles. The van der Waals surface area contributed by atoms with Crippen LogP contribution in [-0.4, -0.2) is 33.2 Å². The van der Waals surface area contributed by atoms with Crippen molar-refractivity contribution in [3.05, 3.63) is 12.7 Å². The standard InChI is InChI=1S/C8H19NOSi.CH4/c1-6-7-9(8-10-2)11(3,4)5;/h6H,1,7-8H2,2-5H3;1H4. The maximum absolute atomic E-state index is 5.10. The van der Waals surface area contributed by atoms with Gasteiger partial charge in [-0.25, -0.2) is 0 Å². The molecular weight excluding hydrogens is 166 g/mol. The summed E-state index contributed by atoms with van der Waals surface area (Å²) in [6.45, 7) is 12.3. The van der Waals surface area contributed by atoms with E-state index in [4.69, 9.17) is 4.74 Å². The Kier molecular flexibility index (Phi) is 7.68. The summed E-state index contributed by atoms with van der Waals surface area (Å²) in [7, 11) is 0.541. The molecule has 0 aliphatic rings. The molecule has 12 heavy (non-hydrogen) atoms. The van der Waals surface area contributed by atoms with Gasteiger partial charge in [0.2, 0.25) is 0 Å². The Hall–Kier alpha value is -0.123. The second-order valence-electron chi connectivity index (χ2n) is 3.60. The summed E-state index contributed by atoms with van der Waals surface area (Å²) in [5.41, 5.74) is 0. The molecule has 74 valence electrons. The number of hydrogen-bond acceptors (Lipinski definition) is 2. The van der Waals surface area contributed by atoms with Gasteiger partial charge in [-0.15, -0.1) is 6.58 Å². The molecule has 0 aliphatic carbocycles. The number of rotatable bonds is 5. The van der Waals surface area contributed by atoms with E-state index in [0.717, 1.165) is 13.3 Å². The molecule has 0 bridgehead atoms. The first-order chi connectivity index (χ1) is 5.02. The van der Waals surface area contributed by atoms with Gasteiger partial charge in [0, 0.05) is 13.7 Å². The van der Waals surface area contributed by atoms with Gasteiger partial charge in [-0.2, -0.15) is 0 Å². The van der Waals surface area contributed by atoms with Crippen LogP contribution in [0.3, 0.4) is 0 Å². The molecule has 0 N–H and O–H groups in total. The number of hydrogen-bond donors (Lipinski definition) is 0. The van der Waals surface area contributed by atoms with Crippen LogP contribution in [0.1, 0.15) is 7.43 Å². The van der Waals surface area contributed by atoms with Crippen LogP contribution in [0.15, 0.2) is 12.7 Å². The Morgan fingerprint density at radius 3 is 2.17 bits per heavy atom. The van der Waals surface area contributed by atoms with Gasteiger partial charge in [-0.05, 0) is 0 Å². The minimum atomic E-state index is -1.19. The molecule has 3 heteroatoms. The van der Waals surface area contributed by atoms with Gasteiger partial charge in [0.15, 0.2) is 0 Å². The van der Waals surface area contributed by atoms with Crippen molar-refractivity contribution in [2.75, 3.05) is 20.4 Å². The molecule has 0 aliphatic heterocycles. The lowest BCUT2D eigenvalue weighted by atomic mass is 10.6. The Morgan fingerprint density at radius 1 is 1.42 bits per heavy atom. The summed E-state index contributed by atoms with van der Waals surface area (Å²) in [5, 5.41) is 0. The normalized spacial score (nSPS) is 11.1. The van der Waals surface area contributed by atoms with E-state index in [9.17, 15) is 0 Å². The maximum atomic E-state index is 5.10. The van der Waals surface area contributed by atoms with Crippen molar-refractivity contribution >= 4 is 8.24 Å². The molecule has 0 unspecified atom stereocenters. The van der Waals surface area contributed by atoms with Gasteiger partial charge in [0.05, 0.1) is 6.73 Å². The fourth-order valence-corrected chi connectivity index (χ4v) is 2.03. The number of ether oxygens (including phenoxy) is 1. The highest BCUT2D eigenvalue weighted by molar-refractivity contribution is 6.73. The summed E-state index contributed by atoms with van der Waals surface area (Å²) in [6.07, 6.45) is 1.93. The van der Waals surface area contributed by atoms with E-state index in [0.29, 0.717) is 0 Å². The Labute approximate surface area is 78.3 Å². The average molecular weight is 189 g/mol. The third-order valence-electron chi connectivity index (χ3n) is 1.58. The molecule has 2 nitrogen and oxygen atoms in total. The second kappa shape index (κ2) is 6.40. The highest BCUT2D eigenvalue weighted by Gasteiger charge is 2.21. The molecule has 0 radical (unpaired) electrons. The van der Waals surface area contributed by atoms with Crippen molar-refractivity contribution in [2.24, 2.45) is 0 Å². The SMILES string of the molecule is C.C=CCN(COC)[Si](C)(C)C. The van der Waals surface area contributed by atoms with Crippen LogP contribution in [-0.2, 0) is 4.74 Å². The van der Waals surface area contributed by atoms with Gasteiger partial charge >= 0.3 is 0 Å². The van der Waals surface area contributed by atoms with E-state index in [1.807, 2.05) is 6.08 Å². The second-order valence-corrected chi connectivity index (χ2v) is 8.57. The fourth-order valence-electron chi connectivity index (χ4n) is 0.832. The van der Waals surface area contributed by atoms with Crippen LogP contribution in [0.2, 0.25) is 19.6 Å². The monoisotopic (exact) mass is 189 g/mol. The largest absolute Gasteiger partial charge is 0.370 e. The quantitative estimate of drug-likeness (QED) is 0.374. The third kappa shape index (κ3) is 5.52. The van der Waals surface area contributed by atoms with Crippen molar-refractivity contribution in [1.82, 2.24) is 4.57 Å². The Bertz CT molecular complexity index is 120. The minimum absolute atomic E-state index is 0. The average Bonchev–Trinajstić information content (AvgIpc) is 1.85. The van der Waals surface area contributed by atoms with Gasteiger partial charge in [-0.3, -0.25) is 4.57 Å². The highest BCUT2D eigenvalue weighted by Crippen LogP contribution is 2.08. The van der Waals surface area contributed by atoms with Gasteiger partial charge < -0.3 is 4.74 Å². The van der Waals surface area contributed by atoms with Crippen LogP contribution in [0, 0.1) is 0 Å². The molecule has 0 heterocycles. The van der Waals surface area contributed by atoms with E-state index in [-0.39, 0.29) is 7.43 Å². The van der Waals surface area contributed by atoms with Crippen LogP contribution in [0.5, 0.6) is 0 Å². The molecule has 0 rings (SSSR count). The molecule has 0 saturated carbocycles.